The molecule has 1 aromatic heterocycles. The first-order valence-corrected chi connectivity index (χ1v) is 6.20. The smallest absolute Gasteiger partial charge is 0.161 e. The molecule has 0 saturated heterocycles. The summed E-state index contributed by atoms with van der Waals surface area (Å²) in [4.78, 5) is 12.0. The summed E-state index contributed by atoms with van der Waals surface area (Å²) in [5.41, 5.74) is 1.56. The van der Waals surface area contributed by atoms with Gasteiger partial charge in [0.15, 0.2) is 11.5 Å². The first kappa shape index (κ1) is 14.0. The number of methoxy groups -OCH3 is 2. The van der Waals surface area contributed by atoms with Gasteiger partial charge in [-0.1, -0.05) is 11.3 Å². The van der Waals surface area contributed by atoms with Crippen molar-refractivity contribution in [3.05, 3.63) is 35.7 Å². The van der Waals surface area contributed by atoms with Crippen molar-refractivity contribution in [2.24, 2.45) is 7.05 Å². The van der Waals surface area contributed by atoms with Crippen molar-refractivity contribution < 1.29 is 14.3 Å². The van der Waals surface area contributed by atoms with Crippen LogP contribution in [0.4, 0.5) is 0 Å². The van der Waals surface area contributed by atoms with Gasteiger partial charge in [-0.3, -0.25) is 9.48 Å². The number of carbonyl (C=O) groups is 1. The van der Waals surface area contributed by atoms with Gasteiger partial charge in [-0.25, -0.2) is 0 Å². The molecule has 0 fully saturated rings. The maximum Gasteiger partial charge on any atom is 0.161 e. The lowest BCUT2D eigenvalue weighted by Crippen LogP contribution is -2.07. The van der Waals surface area contributed by atoms with E-state index >= 15 is 0 Å². The van der Waals surface area contributed by atoms with Gasteiger partial charge in [0.05, 0.1) is 26.3 Å². The number of aromatic nitrogens is 3. The van der Waals surface area contributed by atoms with Gasteiger partial charge in [-0.05, 0) is 17.7 Å². The molecule has 6 nitrogen and oxygen atoms in total. The fraction of sp³-hybridized carbons (Fsp3) is 0.357. The van der Waals surface area contributed by atoms with Gasteiger partial charge in [-0.15, -0.1) is 5.10 Å². The number of hydrogen-bond donors (Lipinski definition) is 0. The Kier molecular flexibility index (Phi) is 4.34. The summed E-state index contributed by atoms with van der Waals surface area (Å²) < 4.78 is 12.0. The summed E-state index contributed by atoms with van der Waals surface area (Å²) in [5.74, 6) is 1.35. The van der Waals surface area contributed by atoms with Crippen LogP contribution in [0.3, 0.4) is 0 Å². The minimum absolute atomic E-state index is 0.0812. The summed E-state index contributed by atoms with van der Waals surface area (Å²) in [6, 6.07) is 5.47. The Morgan fingerprint density at radius 2 is 1.95 bits per heavy atom. The molecular weight excluding hydrogens is 258 g/mol. The van der Waals surface area contributed by atoms with Crippen molar-refractivity contribution in [3.63, 3.8) is 0 Å². The molecule has 0 aliphatic heterocycles. The van der Waals surface area contributed by atoms with Crippen LogP contribution in [-0.4, -0.2) is 35.0 Å². The molecule has 0 N–H and O–H groups in total. The van der Waals surface area contributed by atoms with Crippen LogP contribution < -0.4 is 9.47 Å². The molecule has 0 amide bonds. The van der Waals surface area contributed by atoms with E-state index in [-0.39, 0.29) is 12.2 Å². The highest BCUT2D eigenvalue weighted by Crippen LogP contribution is 2.27. The third kappa shape index (κ3) is 3.34. The lowest BCUT2D eigenvalue weighted by atomic mass is 10.1. The summed E-state index contributed by atoms with van der Waals surface area (Å²) >= 11 is 0. The molecule has 0 saturated carbocycles. The second-order valence-electron chi connectivity index (χ2n) is 4.47. The largest absolute Gasteiger partial charge is 0.493 e. The van der Waals surface area contributed by atoms with Crippen molar-refractivity contribution in [2.45, 2.75) is 12.8 Å². The molecule has 0 aliphatic rings. The normalized spacial score (nSPS) is 10.3. The third-order valence-corrected chi connectivity index (χ3v) is 2.88. The monoisotopic (exact) mass is 275 g/mol. The van der Waals surface area contributed by atoms with Crippen LogP contribution in [0.2, 0.25) is 0 Å². The van der Waals surface area contributed by atoms with E-state index in [1.165, 1.54) is 0 Å². The van der Waals surface area contributed by atoms with Crippen LogP contribution in [0.1, 0.15) is 11.3 Å². The van der Waals surface area contributed by atoms with Crippen LogP contribution in [0.25, 0.3) is 0 Å². The summed E-state index contributed by atoms with van der Waals surface area (Å²) in [6.07, 6.45) is 2.35. The molecule has 0 spiro atoms. The zero-order valence-corrected chi connectivity index (χ0v) is 11.8. The number of carbonyl (C=O) groups excluding carboxylic acids is 1. The highest BCUT2D eigenvalue weighted by molar-refractivity contribution is 5.82. The minimum atomic E-state index is 0.0812. The molecule has 2 rings (SSSR count). The lowest BCUT2D eigenvalue weighted by molar-refractivity contribution is -0.117. The number of hydrogen-bond acceptors (Lipinski definition) is 5. The highest BCUT2D eigenvalue weighted by atomic mass is 16.5. The van der Waals surface area contributed by atoms with Crippen LogP contribution in [-0.2, 0) is 24.7 Å². The SMILES string of the molecule is COc1ccc(CC(=O)Cc2cn(C)nn2)cc1OC. The Hall–Kier alpha value is -2.37. The molecule has 0 bridgehead atoms. The molecule has 6 heteroatoms. The fourth-order valence-electron chi connectivity index (χ4n) is 1.96. The Balaban J connectivity index is 2.04. The van der Waals surface area contributed by atoms with Gasteiger partial charge in [0, 0.05) is 19.7 Å². The molecular formula is C14H17N3O3. The quantitative estimate of drug-likeness (QED) is 0.792. The van der Waals surface area contributed by atoms with E-state index in [0.29, 0.717) is 23.6 Å². The zero-order valence-electron chi connectivity index (χ0n) is 11.8. The molecule has 106 valence electrons. The van der Waals surface area contributed by atoms with E-state index < -0.39 is 0 Å². The van der Waals surface area contributed by atoms with Crippen molar-refractivity contribution in [3.8, 4) is 11.5 Å². The predicted molar refractivity (Wildman–Crippen MR) is 73.0 cm³/mol. The Bertz CT molecular complexity index is 607. The van der Waals surface area contributed by atoms with Crippen molar-refractivity contribution >= 4 is 5.78 Å². The van der Waals surface area contributed by atoms with Crippen molar-refractivity contribution in [1.82, 2.24) is 15.0 Å². The topological polar surface area (TPSA) is 66.2 Å². The van der Waals surface area contributed by atoms with E-state index in [0.717, 1.165) is 5.56 Å². The number of benzene rings is 1. The van der Waals surface area contributed by atoms with Gasteiger partial charge >= 0.3 is 0 Å². The molecule has 0 unspecified atom stereocenters. The van der Waals surface area contributed by atoms with E-state index in [4.69, 9.17) is 9.47 Å². The number of ketones is 1. The summed E-state index contributed by atoms with van der Waals surface area (Å²) in [7, 11) is 4.93. The Morgan fingerprint density at radius 1 is 1.20 bits per heavy atom. The highest BCUT2D eigenvalue weighted by Gasteiger charge is 2.10. The first-order valence-electron chi connectivity index (χ1n) is 6.20. The van der Waals surface area contributed by atoms with Crippen LogP contribution in [0.5, 0.6) is 11.5 Å². The van der Waals surface area contributed by atoms with E-state index in [1.54, 1.807) is 38.2 Å². The first-order chi connectivity index (χ1) is 9.62. The maximum atomic E-state index is 12.0. The average Bonchev–Trinajstić information content (AvgIpc) is 2.83. The Labute approximate surface area is 117 Å². The third-order valence-electron chi connectivity index (χ3n) is 2.88. The molecule has 1 aromatic carbocycles. The molecule has 20 heavy (non-hydrogen) atoms. The number of aryl methyl sites for hydroxylation is 1. The standard InChI is InChI=1S/C14H17N3O3/c1-17-9-11(15-16-17)8-12(18)6-10-4-5-13(19-2)14(7-10)20-3/h4-5,7,9H,6,8H2,1-3H3. The van der Waals surface area contributed by atoms with Gasteiger partial charge in [-0.2, -0.15) is 0 Å². The number of Topliss-reactive ketones (excluding diaryl/α,β-unsaturated/α-hetero) is 1. The van der Waals surface area contributed by atoms with Crippen molar-refractivity contribution in [2.75, 3.05) is 14.2 Å². The fourth-order valence-corrected chi connectivity index (χ4v) is 1.96. The maximum absolute atomic E-state index is 12.0. The van der Waals surface area contributed by atoms with E-state index in [9.17, 15) is 4.79 Å². The van der Waals surface area contributed by atoms with Gasteiger partial charge in [0.25, 0.3) is 0 Å². The van der Waals surface area contributed by atoms with Gasteiger partial charge in [0.2, 0.25) is 0 Å². The average molecular weight is 275 g/mol. The van der Waals surface area contributed by atoms with Gasteiger partial charge < -0.3 is 9.47 Å². The Morgan fingerprint density at radius 3 is 2.55 bits per heavy atom. The summed E-state index contributed by atoms with van der Waals surface area (Å²) in [6.45, 7) is 0. The molecule has 0 radical (unpaired) electrons. The number of ether oxygens (including phenoxy) is 2. The van der Waals surface area contributed by atoms with Crippen LogP contribution in [0, 0.1) is 0 Å². The lowest BCUT2D eigenvalue weighted by Gasteiger charge is -2.09. The molecule has 2 aromatic rings. The van der Waals surface area contributed by atoms with Gasteiger partial charge in [0.1, 0.15) is 5.78 Å². The van der Waals surface area contributed by atoms with Crippen molar-refractivity contribution in [1.29, 1.82) is 0 Å². The second-order valence-corrected chi connectivity index (χ2v) is 4.47. The zero-order chi connectivity index (χ0) is 14.5. The number of nitrogens with zero attached hydrogens (tertiary/aromatic N) is 3. The predicted octanol–water partition coefficient (Wildman–Crippen LogP) is 1.19. The number of rotatable bonds is 6. The molecule has 0 atom stereocenters. The molecule has 1 heterocycles. The van der Waals surface area contributed by atoms with E-state index in [2.05, 4.69) is 10.3 Å². The van der Waals surface area contributed by atoms with Crippen LogP contribution >= 0.6 is 0 Å². The minimum Gasteiger partial charge on any atom is -0.493 e. The van der Waals surface area contributed by atoms with E-state index in [1.807, 2.05) is 12.1 Å². The molecule has 0 aliphatic carbocycles. The summed E-state index contributed by atoms with van der Waals surface area (Å²) in [5, 5.41) is 7.71. The van der Waals surface area contributed by atoms with Crippen LogP contribution in [0.15, 0.2) is 24.4 Å². The second kappa shape index (κ2) is 6.18.